The second kappa shape index (κ2) is 4.88. The average Bonchev–Trinajstić information content (AvgIpc) is 2.83. The van der Waals surface area contributed by atoms with Gasteiger partial charge in [-0.15, -0.1) is 0 Å². The molecule has 0 aliphatic rings. The van der Waals surface area contributed by atoms with E-state index in [-0.39, 0.29) is 5.84 Å². The number of benzene rings is 1. The minimum atomic E-state index is -0.489. The van der Waals surface area contributed by atoms with Gasteiger partial charge in [-0.2, -0.15) is 0 Å². The summed E-state index contributed by atoms with van der Waals surface area (Å²) in [5, 5.41) is 11.6. The van der Waals surface area contributed by atoms with Crippen molar-refractivity contribution in [3.8, 4) is 0 Å². The van der Waals surface area contributed by atoms with Crippen molar-refractivity contribution in [3.05, 3.63) is 42.0 Å². The Bertz CT molecular complexity index is 542. The fraction of sp³-hybridized carbons (Fsp3) is 0. The standard InChI is InChI=1S/C10H8FN3O2S/c11-7-5-6(9(12)14-15)1-2-8(7)17-10-13-3-4-16-10/h1-5,15H,(H2,12,14). The van der Waals surface area contributed by atoms with Gasteiger partial charge in [-0.3, -0.25) is 0 Å². The Hall–Kier alpha value is -2.02. The predicted octanol–water partition coefficient (Wildman–Crippen LogP) is 2.06. The van der Waals surface area contributed by atoms with E-state index in [0.717, 1.165) is 11.8 Å². The second-order valence-electron chi connectivity index (χ2n) is 3.03. The first-order valence-electron chi connectivity index (χ1n) is 4.55. The zero-order chi connectivity index (χ0) is 12.3. The molecule has 5 nitrogen and oxygen atoms in total. The number of hydrogen-bond acceptors (Lipinski definition) is 5. The van der Waals surface area contributed by atoms with Gasteiger partial charge >= 0.3 is 0 Å². The van der Waals surface area contributed by atoms with Crippen molar-refractivity contribution in [2.45, 2.75) is 10.1 Å². The van der Waals surface area contributed by atoms with Crippen molar-refractivity contribution >= 4 is 17.6 Å². The molecule has 0 unspecified atom stereocenters. The molecule has 0 radical (unpaired) electrons. The van der Waals surface area contributed by atoms with Crippen LogP contribution in [0.25, 0.3) is 0 Å². The molecule has 0 spiro atoms. The molecule has 0 aliphatic heterocycles. The zero-order valence-corrected chi connectivity index (χ0v) is 9.32. The molecular formula is C10H8FN3O2S. The third kappa shape index (κ3) is 2.56. The monoisotopic (exact) mass is 253 g/mol. The molecule has 1 aromatic carbocycles. The smallest absolute Gasteiger partial charge is 0.260 e. The van der Waals surface area contributed by atoms with E-state index < -0.39 is 5.82 Å². The van der Waals surface area contributed by atoms with Crippen LogP contribution in [0.5, 0.6) is 0 Å². The van der Waals surface area contributed by atoms with E-state index in [0.29, 0.717) is 15.7 Å². The van der Waals surface area contributed by atoms with Gasteiger partial charge in [-0.25, -0.2) is 9.37 Å². The number of rotatable bonds is 3. The van der Waals surface area contributed by atoms with Gasteiger partial charge in [0.25, 0.3) is 5.22 Å². The molecule has 0 amide bonds. The highest BCUT2D eigenvalue weighted by Crippen LogP contribution is 2.28. The first kappa shape index (κ1) is 11.5. The highest BCUT2D eigenvalue weighted by Gasteiger charge is 2.09. The molecule has 2 aromatic rings. The quantitative estimate of drug-likeness (QED) is 0.378. The highest BCUT2D eigenvalue weighted by molar-refractivity contribution is 7.99. The fourth-order valence-electron chi connectivity index (χ4n) is 1.16. The maximum absolute atomic E-state index is 13.7. The van der Waals surface area contributed by atoms with E-state index >= 15 is 0 Å². The lowest BCUT2D eigenvalue weighted by Crippen LogP contribution is -2.13. The summed E-state index contributed by atoms with van der Waals surface area (Å²) in [6.45, 7) is 0. The van der Waals surface area contributed by atoms with Gasteiger partial charge in [0.1, 0.15) is 12.1 Å². The number of oxazole rings is 1. The normalized spacial score (nSPS) is 11.7. The SMILES string of the molecule is N/C(=N/O)c1ccc(Sc2ncco2)c(F)c1. The van der Waals surface area contributed by atoms with Crippen molar-refractivity contribution in [3.63, 3.8) is 0 Å². The molecule has 7 heteroatoms. The van der Waals surface area contributed by atoms with Crippen LogP contribution in [0.1, 0.15) is 5.56 Å². The lowest BCUT2D eigenvalue weighted by Gasteiger charge is -2.02. The van der Waals surface area contributed by atoms with E-state index in [1.54, 1.807) is 6.07 Å². The van der Waals surface area contributed by atoms with Crippen LogP contribution in [0.3, 0.4) is 0 Å². The van der Waals surface area contributed by atoms with E-state index in [2.05, 4.69) is 10.1 Å². The lowest BCUT2D eigenvalue weighted by molar-refractivity contribution is 0.318. The number of hydrogen-bond donors (Lipinski definition) is 2. The van der Waals surface area contributed by atoms with Gasteiger partial charge in [0.2, 0.25) is 0 Å². The Morgan fingerprint density at radius 3 is 2.94 bits per heavy atom. The number of oxime groups is 1. The van der Waals surface area contributed by atoms with E-state index in [1.165, 1.54) is 24.6 Å². The van der Waals surface area contributed by atoms with E-state index in [4.69, 9.17) is 15.4 Å². The molecule has 0 aliphatic carbocycles. The topological polar surface area (TPSA) is 84.6 Å². The third-order valence-electron chi connectivity index (χ3n) is 1.94. The van der Waals surface area contributed by atoms with Crippen molar-refractivity contribution in [2.24, 2.45) is 10.9 Å². The molecule has 0 atom stereocenters. The van der Waals surface area contributed by atoms with E-state index in [1.807, 2.05) is 0 Å². The number of nitrogens with two attached hydrogens (primary N) is 1. The van der Waals surface area contributed by atoms with Crippen LogP contribution in [0, 0.1) is 5.82 Å². The molecule has 88 valence electrons. The molecular weight excluding hydrogens is 245 g/mol. The molecule has 2 rings (SSSR count). The van der Waals surface area contributed by atoms with Crippen LogP contribution < -0.4 is 5.73 Å². The minimum absolute atomic E-state index is 0.142. The Morgan fingerprint density at radius 1 is 1.53 bits per heavy atom. The van der Waals surface area contributed by atoms with Crippen LogP contribution in [0.15, 0.2) is 50.4 Å². The van der Waals surface area contributed by atoms with Crippen LogP contribution in [0.2, 0.25) is 0 Å². The first-order valence-corrected chi connectivity index (χ1v) is 5.37. The number of nitrogens with zero attached hydrogens (tertiary/aromatic N) is 2. The van der Waals surface area contributed by atoms with Gasteiger partial charge in [-0.1, -0.05) is 5.16 Å². The summed E-state index contributed by atoms with van der Waals surface area (Å²) in [4.78, 5) is 4.22. The summed E-state index contributed by atoms with van der Waals surface area (Å²) in [5.74, 6) is -0.631. The van der Waals surface area contributed by atoms with E-state index in [9.17, 15) is 4.39 Å². The molecule has 1 aromatic heterocycles. The minimum Gasteiger partial charge on any atom is -0.440 e. The Labute approximate surface area is 100 Å². The van der Waals surface area contributed by atoms with Crippen LogP contribution in [-0.4, -0.2) is 16.0 Å². The summed E-state index contributed by atoms with van der Waals surface area (Å²) in [7, 11) is 0. The Balaban J connectivity index is 2.26. The highest BCUT2D eigenvalue weighted by atomic mass is 32.2. The number of amidine groups is 1. The number of aromatic nitrogens is 1. The average molecular weight is 253 g/mol. The largest absolute Gasteiger partial charge is 0.440 e. The van der Waals surface area contributed by atoms with Crippen molar-refractivity contribution in [1.29, 1.82) is 0 Å². The summed E-state index contributed by atoms with van der Waals surface area (Å²) < 4.78 is 18.6. The summed E-state index contributed by atoms with van der Waals surface area (Å²) in [6, 6.07) is 4.24. The first-order chi connectivity index (χ1) is 8.20. The zero-order valence-electron chi connectivity index (χ0n) is 8.50. The van der Waals surface area contributed by atoms with Crippen LogP contribution >= 0.6 is 11.8 Å². The predicted molar refractivity (Wildman–Crippen MR) is 59.5 cm³/mol. The van der Waals surface area contributed by atoms with Gasteiger partial charge < -0.3 is 15.4 Å². The second-order valence-corrected chi connectivity index (χ2v) is 4.02. The van der Waals surface area contributed by atoms with Gasteiger partial charge in [0, 0.05) is 5.56 Å². The van der Waals surface area contributed by atoms with Crippen molar-refractivity contribution < 1.29 is 14.0 Å². The third-order valence-corrected chi connectivity index (χ3v) is 2.87. The van der Waals surface area contributed by atoms with Crippen molar-refractivity contribution in [2.75, 3.05) is 0 Å². The van der Waals surface area contributed by atoms with Gasteiger partial charge in [0.15, 0.2) is 5.84 Å². The molecule has 0 bridgehead atoms. The molecule has 3 N–H and O–H groups in total. The van der Waals surface area contributed by atoms with Gasteiger partial charge in [0.05, 0.1) is 11.1 Å². The summed E-state index contributed by atoms with van der Waals surface area (Å²) in [5.41, 5.74) is 5.65. The molecule has 0 fully saturated rings. The maximum Gasteiger partial charge on any atom is 0.260 e. The molecule has 0 saturated carbocycles. The summed E-state index contributed by atoms with van der Waals surface area (Å²) in [6.07, 6.45) is 2.88. The fourth-order valence-corrected chi connectivity index (χ4v) is 1.85. The molecule has 17 heavy (non-hydrogen) atoms. The Kier molecular flexibility index (Phi) is 3.29. The maximum atomic E-state index is 13.7. The van der Waals surface area contributed by atoms with Crippen molar-refractivity contribution in [1.82, 2.24) is 4.98 Å². The molecule has 1 heterocycles. The molecule has 0 saturated heterocycles. The van der Waals surface area contributed by atoms with Crippen LogP contribution in [-0.2, 0) is 0 Å². The lowest BCUT2D eigenvalue weighted by atomic mass is 10.2. The van der Waals surface area contributed by atoms with Gasteiger partial charge in [-0.05, 0) is 30.0 Å². The summed E-state index contributed by atoms with van der Waals surface area (Å²) >= 11 is 1.05. The van der Waals surface area contributed by atoms with Crippen LogP contribution in [0.4, 0.5) is 4.39 Å². The Morgan fingerprint density at radius 2 is 2.35 bits per heavy atom. The number of halogens is 1.